The number of hydrogen-bond acceptors (Lipinski definition) is 7. The number of halogens is 1. The molecule has 0 heterocycles. The van der Waals surface area contributed by atoms with E-state index in [1.807, 2.05) is 5.32 Å². The van der Waals surface area contributed by atoms with E-state index in [-0.39, 0.29) is 35.6 Å². The second-order valence-electron chi connectivity index (χ2n) is 7.97. The molecule has 0 radical (unpaired) electrons. The lowest BCUT2D eigenvalue weighted by Gasteiger charge is -2.17. The highest BCUT2D eigenvalue weighted by Gasteiger charge is 2.23. The molecule has 0 aromatic heterocycles. The molecule has 2 unspecified atom stereocenters. The molecule has 7 N–H and O–H groups in total. The van der Waals surface area contributed by atoms with Crippen molar-refractivity contribution in [3.05, 3.63) is 41.6 Å². The van der Waals surface area contributed by atoms with Gasteiger partial charge in [-0.05, 0) is 56.9 Å². The van der Waals surface area contributed by atoms with Crippen molar-refractivity contribution >= 4 is 41.4 Å². The fraction of sp³-hybridized carbons (Fsp3) is 0.391. The SMILES string of the molecule is CC(F)C(=O)Nc1ccc(C(=O)NCCCCC(=CN(O)C(=O)NC(CCC(=O)O)C(=O)O)C(=O)O)cc1. The fourth-order valence-corrected chi connectivity index (χ4v) is 2.86. The van der Waals surface area contributed by atoms with Gasteiger partial charge in [-0.15, -0.1) is 0 Å². The lowest BCUT2D eigenvalue weighted by Crippen LogP contribution is -2.45. The Hall–Kier alpha value is -4.53. The second kappa shape index (κ2) is 15.6. The molecule has 0 spiro atoms. The predicted molar refractivity (Wildman–Crippen MR) is 128 cm³/mol. The van der Waals surface area contributed by atoms with Gasteiger partial charge in [0.05, 0.1) is 5.57 Å². The predicted octanol–water partition coefficient (Wildman–Crippen LogP) is 1.57. The number of hydroxylamine groups is 2. The number of unbranched alkanes of at least 4 members (excludes halogenated alkanes) is 1. The monoisotopic (exact) mass is 540 g/mol. The van der Waals surface area contributed by atoms with Crippen LogP contribution >= 0.6 is 0 Å². The number of aliphatic carboxylic acids is 3. The molecule has 15 heteroatoms. The van der Waals surface area contributed by atoms with Crippen molar-refractivity contribution < 1.29 is 53.7 Å². The zero-order valence-electron chi connectivity index (χ0n) is 20.3. The molecule has 38 heavy (non-hydrogen) atoms. The van der Waals surface area contributed by atoms with Crippen molar-refractivity contribution in [2.24, 2.45) is 0 Å². The summed E-state index contributed by atoms with van der Waals surface area (Å²) in [5.41, 5.74) is 0.202. The van der Waals surface area contributed by atoms with Gasteiger partial charge in [0.15, 0.2) is 6.17 Å². The van der Waals surface area contributed by atoms with E-state index in [1.54, 1.807) is 0 Å². The summed E-state index contributed by atoms with van der Waals surface area (Å²) in [7, 11) is 0. The topological polar surface area (TPSA) is 223 Å². The molecular weight excluding hydrogens is 511 g/mol. The van der Waals surface area contributed by atoms with Gasteiger partial charge in [0, 0.05) is 30.4 Å². The van der Waals surface area contributed by atoms with Gasteiger partial charge < -0.3 is 31.3 Å². The first kappa shape index (κ1) is 31.5. The van der Waals surface area contributed by atoms with Crippen LogP contribution in [0.4, 0.5) is 14.9 Å². The zero-order valence-corrected chi connectivity index (χ0v) is 20.3. The van der Waals surface area contributed by atoms with Gasteiger partial charge >= 0.3 is 23.9 Å². The summed E-state index contributed by atoms with van der Waals surface area (Å²) >= 11 is 0. The Kier molecular flexibility index (Phi) is 12.9. The van der Waals surface area contributed by atoms with Crippen LogP contribution in [0.15, 0.2) is 36.0 Å². The second-order valence-corrected chi connectivity index (χ2v) is 7.97. The summed E-state index contributed by atoms with van der Waals surface area (Å²) < 4.78 is 12.9. The summed E-state index contributed by atoms with van der Waals surface area (Å²) in [6.45, 7) is 1.25. The first-order valence-corrected chi connectivity index (χ1v) is 11.3. The van der Waals surface area contributed by atoms with Crippen LogP contribution < -0.4 is 16.0 Å². The van der Waals surface area contributed by atoms with Crippen LogP contribution in [0.2, 0.25) is 0 Å². The number of urea groups is 1. The summed E-state index contributed by atoms with van der Waals surface area (Å²) in [6.07, 6.45) is -1.66. The normalized spacial score (nSPS) is 12.6. The minimum Gasteiger partial charge on any atom is -0.481 e. The van der Waals surface area contributed by atoms with Gasteiger partial charge in [-0.1, -0.05) is 0 Å². The molecule has 0 fully saturated rings. The Morgan fingerprint density at radius 2 is 1.63 bits per heavy atom. The van der Waals surface area contributed by atoms with Gasteiger partial charge in [0.2, 0.25) is 0 Å². The maximum Gasteiger partial charge on any atom is 0.346 e. The summed E-state index contributed by atoms with van der Waals surface area (Å²) in [5.74, 6) is -5.53. The molecule has 1 aromatic carbocycles. The van der Waals surface area contributed by atoms with Crippen LogP contribution in [0, 0.1) is 0 Å². The number of amides is 4. The number of carbonyl (C=O) groups is 6. The lowest BCUT2D eigenvalue weighted by atomic mass is 10.1. The molecule has 4 amide bonds. The van der Waals surface area contributed by atoms with Crippen molar-refractivity contribution in [1.29, 1.82) is 0 Å². The number of alkyl halides is 1. The van der Waals surface area contributed by atoms with Crippen molar-refractivity contribution in [2.45, 2.75) is 51.2 Å². The Balaban J connectivity index is 2.55. The van der Waals surface area contributed by atoms with Crippen LogP contribution in [0.25, 0.3) is 0 Å². The average molecular weight is 541 g/mol. The lowest BCUT2D eigenvalue weighted by molar-refractivity contribution is -0.141. The van der Waals surface area contributed by atoms with E-state index in [0.717, 1.165) is 6.92 Å². The number of carboxylic acids is 3. The number of rotatable bonds is 15. The summed E-state index contributed by atoms with van der Waals surface area (Å²) in [4.78, 5) is 68.7. The van der Waals surface area contributed by atoms with E-state index in [9.17, 15) is 43.5 Å². The molecule has 0 saturated heterocycles. The molecule has 2 atom stereocenters. The highest BCUT2D eigenvalue weighted by molar-refractivity contribution is 5.96. The summed E-state index contributed by atoms with van der Waals surface area (Å²) in [6, 6.07) is 2.74. The van der Waals surface area contributed by atoms with Gasteiger partial charge in [0.25, 0.3) is 11.8 Å². The van der Waals surface area contributed by atoms with E-state index < -0.39 is 60.8 Å². The van der Waals surface area contributed by atoms with Gasteiger partial charge in [-0.3, -0.25) is 19.6 Å². The number of nitrogens with zero attached hydrogens (tertiary/aromatic N) is 1. The third kappa shape index (κ3) is 11.5. The Morgan fingerprint density at radius 3 is 2.16 bits per heavy atom. The largest absolute Gasteiger partial charge is 0.481 e. The highest BCUT2D eigenvalue weighted by atomic mass is 19.1. The van der Waals surface area contributed by atoms with Gasteiger partial charge in [0.1, 0.15) is 6.04 Å². The molecule has 0 bridgehead atoms. The minimum absolute atomic E-state index is 0.113. The fourth-order valence-electron chi connectivity index (χ4n) is 2.86. The highest BCUT2D eigenvalue weighted by Crippen LogP contribution is 2.12. The van der Waals surface area contributed by atoms with Crippen molar-refractivity contribution in [3.63, 3.8) is 0 Å². The van der Waals surface area contributed by atoms with Crippen LogP contribution in [0.5, 0.6) is 0 Å². The Labute approximate surface area is 216 Å². The molecule has 0 saturated carbocycles. The minimum atomic E-state index is -1.69. The molecule has 1 aromatic rings. The third-order valence-corrected chi connectivity index (χ3v) is 4.94. The molecule has 1 rings (SSSR count). The number of carboxylic acid groups (broad SMARTS) is 3. The zero-order chi connectivity index (χ0) is 28.8. The van der Waals surface area contributed by atoms with Crippen molar-refractivity contribution in [3.8, 4) is 0 Å². The van der Waals surface area contributed by atoms with E-state index in [0.29, 0.717) is 18.3 Å². The van der Waals surface area contributed by atoms with E-state index in [4.69, 9.17) is 10.2 Å². The van der Waals surface area contributed by atoms with Crippen molar-refractivity contribution in [1.82, 2.24) is 15.7 Å². The molecule has 0 aliphatic rings. The standard InChI is InChI=1S/C23H29FN4O10/c1-13(24)19(31)26-16-7-5-14(6-8-16)20(32)25-11-3-2-4-15(21(33)34)12-28(38)23(37)27-17(22(35)36)9-10-18(29)30/h5-8,12-13,17,38H,2-4,9-11H2,1H3,(H,25,32)(H,26,31)(H,27,37)(H,29,30)(H,33,34)(H,35,36). The summed E-state index contributed by atoms with van der Waals surface area (Å²) in [5, 5.41) is 43.5. The van der Waals surface area contributed by atoms with E-state index >= 15 is 0 Å². The third-order valence-electron chi connectivity index (χ3n) is 4.94. The van der Waals surface area contributed by atoms with Crippen LogP contribution in [-0.4, -0.2) is 80.1 Å². The number of hydrogen-bond donors (Lipinski definition) is 7. The molecule has 0 aliphatic carbocycles. The molecule has 14 nitrogen and oxygen atoms in total. The van der Waals surface area contributed by atoms with Gasteiger partial charge in [-0.25, -0.2) is 18.8 Å². The number of carbonyl (C=O) groups excluding carboxylic acids is 3. The first-order chi connectivity index (χ1) is 17.8. The Morgan fingerprint density at radius 1 is 1.00 bits per heavy atom. The molecular formula is C23H29FN4O10. The van der Waals surface area contributed by atoms with Gasteiger partial charge in [-0.2, -0.15) is 5.06 Å². The van der Waals surface area contributed by atoms with Crippen LogP contribution in [-0.2, 0) is 19.2 Å². The maximum atomic E-state index is 12.9. The Bertz CT molecular complexity index is 1060. The van der Waals surface area contributed by atoms with Crippen molar-refractivity contribution in [2.75, 3.05) is 11.9 Å². The quantitative estimate of drug-likeness (QED) is 0.0736. The number of nitrogens with one attached hydrogen (secondary N) is 3. The number of benzene rings is 1. The first-order valence-electron chi connectivity index (χ1n) is 11.3. The number of anilines is 1. The maximum absolute atomic E-state index is 12.9. The smallest absolute Gasteiger partial charge is 0.346 e. The van der Waals surface area contributed by atoms with Crippen LogP contribution in [0.1, 0.15) is 49.4 Å². The molecule has 0 aliphatic heterocycles. The molecule has 208 valence electrons. The average Bonchev–Trinajstić information content (AvgIpc) is 2.84. The van der Waals surface area contributed by atoms with E-state index in [1.165, 1.54) is 24.3 Å². The van der Waals surface area contributed by atoms with Crippen LogP contribution in [0.3, 0.4) is 0 Å². The van der Waals surface area contributed by atoms with E-state index in [2.05, 4.69) is 10.6 Å².